The first-order valence-corrected chi connectivity index (χ1v) is 12.1. The minimum absolute atomic E-state index is 0.0820. The maximum absolute atomic E-state index is 12.9. The summed E-state index contributed by atoms with van der Waals surface area (Å²) >= 11 is 0. The Morgan fingerprint density at radius 2 is 1.89 bits per heavy atom. The summed E-state index contributed by atoms with van der Waals surface area (Å²) in [5.74, 6) is 0.709. The summed E-state index contributed by atoms with van der Waals surface area (Å²) in [4.78, 5) is 28.7. The second-order valence-corrected chi connectivity index (χ2v) is 9.94. The molecule has 35 heavy (non-hydrogen) atoms. The second kappa shape index (κ2) is 10.4. The van der Waals surface area contributed by atoms with Crippen LogP contribution in [0.3, 0.4) is 0 Å². The van der Waals surface area contributed by atoms with E-state index < -0.39 is 5.60 Å². The number of ether oxygens (including phenoxy) is 3. The molecule has 7 heteroatoms. The number of carbonyl (C=O) groups is 2. The molecule has 0 fully saturated rings. The van der Waals surface area contributed by atoms with E-state index in [4.69, 9.17) is 14.2 Å². The molecular weight excluding hydrogens is 444 g/mol. The minimum atomic E-state index is -0.518. The summed E-state index contributed by atoms with van der Waals surface area (Å²) < 4.78 is 17.1. The van der Waals surface area contributed by atoms with Gasteiger partial charge in [-0.1, -0.05) is 48.5 Å². The van der Waals surface area contributed by atoms with E-state index in [1.165, 1.54) is 0 Å². The molecular formula is C28H34N2O5. The first-order valence-electron chi connectivity index (χ1n) is 12.1. The van der Waals surface area contributed by atoms with Crippen LogP contribution >= 0.6 is 0 Å². The van der Waals surface area contributed by atoms with Crippen LogP contribution in [0.4, 0.5) is 15.3 Å². The monoisotopic (exact) mass is 478 g/mol. The van der Waals surface area contributed by atoms with Crippen molar-refractivity contribution >= 4 is 23.4 Å². The van der Waals surface area contributed by atoms with Crippen molar-refractivity contribution < 1.29 is 23.8 Å². The molecule has 1 aliphatic heterocycles. The van der Waals surface area contributed by atoms with Gasteiger partial charge in [0.15, 0.2) is 5.75 Å². The third-order valence-corrected chi connectivity index (χ3v) is 6.23. The summed E-state index contributed by atoms with van der Waals surface area (Å²) in [5.41, 5.74) is 3.30. The van der Waals surface area contributed by atoms with Crippen molar-refractivity contribution in [3.63, 3.8) is 0 Å². The average molecular weight is 479 g/mol. The lowest BCUT2D eigenvalue weighted by Crippen LogP contribution is -2.41. The largest absolute Gasteiger partial charge is 0.489 e. The van der Waals surface area contributed by atoms with Gasteiger partial charge in [0.2, 0.25) is 0 Å². The normalized spacial score (nSPS) is 17.5. The quantitative estimate of drug-likeness (QED) is 0.537. The Bertz CT molecular complexity index is 1090. The summed E-state index contributed by atoms with van der Waals surface area (Å²) in [6.07, 6.45) is 3.85. The SMILES string of the molecule is CN(C(=O)OC(C)(C)C)[C@@H]1CC=C(c2cccc3c2OCCN3C(=O)OCc2ccccc2)CC1. The molecule has 0 saturated carbocycles. The molecule has 0 bridgehead atoms. The van der Waals surface area contributed by atoms with Crippen molar-refractivity contribution in [1.29, 1.82) is 0 Å². The molecule has 0 radical (unpaired) electrons. The van der Waals surface area contributed by atoms with Gasteiger partial charge in [0, 0.05) is 18.7 Å². The number of hydrogen-bond acceptors (Lipinski definition) is 5. The molecule has 7 nitrogen and oxygen atoms in total. The van der Waals surface area contributed by atoms with Gasteiger partial charge >= 0.3 is 12.2 Å². The zero-order chi connectivity index (χ0) is 25.0. The Balaban J connectivity index is 1.46. The smallest absolute Gasteiger partial charge is 0.414 e. The van der Waals surface area contributed by atoms with Gasteiger partial charge in [-0.25, -0.2) is 9.59 Å². The number of anilines is 1. The molecule has 2 aliphatic rings. The maximum atomic E-state index is 12.9. The van der Waals surface area contributed by atoms with E-state index in [1.807, 2.05) is 69.3 Å². The molecule has 0 spiro atoms. The highest BCUT2D eigenvalue weighted by molar-refractivity contribution is 5.92. The number of amides is 2. The van der Waals surface area contributed by atoms with Crippen LogP contribution in [0.1, 0.15) is 51.2 Å². The Kier molecular flexibility index (Phi) is 7.34. The minimum Gasteiger partial charge on any atom is -0.489 e. The zero-order valence-electron chi connectivity index (χ0n) is 21.0. The number of fused-ring (bicyclic) bond motifs is 1. The Morgan fingerprint density at radius 3 is 2.57 bits per heavy atom. The van der Waals surface area contributed by atoms with Crippen LogP contribution in [0.2, 0.25) is 0 Å². The van der Waals surface area contributed by atoms with E-state index >= 15 is 0 Å². The van der Waals surface area contributed by atoms with Gasteiger partial charge in [-0.2, -0.15) is 0 Å². The predicted octanol–water partition coefficient (Wildman–Crippen LogP) is 6.03. The van der Waals surface area contributed by atoms with Gasteiger partial charge < -0.3 is 19.1 Å². The Labute approximate surface area is 207 Å². The number of nitrogens with zero attached hydrogens (tertiary/aromatic N) is 2. The van der Waals surface area contributed by atoms with Crippen molar-refractivity contribution in [3.05, 3.63) is 65.7 Å². The molecule has 2 amide bonds. The molecule has 1 aliphatic carbocycles. The van der Waals surface area contributed by atoms with E-state index in [2.05, 4.69) is 6.08 Å². The highest BCUT2D eigenvalue weighted by Crippen LogP contribution is 2.41. The maximum Gasteiger partial charge on any atom is 0.414 e. The number of carbonyl (C=O) groups excluding carboxylic acids is 2. The molecule has 0 aromatic heterocycles. The molecule has 0 N–H and O–H groups in total. The highest BCUT2D eigenvalue weighted by atomic mass is 16.6. The van der Waals surface area contributed by atoms with E-state index in [9.17, 15) is 9.59 Å². The van der Waals surface area contributed by atoms with Crippen LogP contribution < -0.4 is 9.64 Å². The molecule has 0 saturated heterocycles. The first-order chi connectivity index (χ1) is 16.7. The van der Waals surface area contributed by atoms with E-state index in [0.29, 0.717) is 18.9 Å². The van der Waals surface area contributed by atoms with Crippen LogP contribution in [0.15, 0.2) is 54.6 Å². The molecule has 4 rings (SSSR count). The molecule has 1 heterocycles. The lowest BCUT2D eigenvalue weighted by atomic mass is 9.89. The van der Waals surface area contributed by atoms with Crippen molar-refractivity contribution in [2.75, 3.05) is 25.1 Å². The van der Waals surface area contributed by atoms with Crippen LogP contribution in [0.5, 0.6) is 5.75 Å². The van der Waals surface area contributed by atoms with Crippen LogP contribution in [-0.4, -0.2) is 48.9 Å². The third kappa shape index (κ3) is 5.96. The van der Waals surface area contributed by atoms with Gasteiger partial charge in [-0.15, -0.1) is 0 Å². The summed E-state index contributed by atoms with van der Waals surface area (Å²) in [6.45, 7) is 6.68. The Morgan fingerprint density at radius 1 is 1.11 bits per heavy atom. The number of para-hydroxylation sites is 1. The second-order valence-electron chi connectivity index (χ2n) is 9.94. The van der Waals surface area contributed by atoms with E-state index in [1.54, 1.807) is 16.8 Å². The average Bonchev–Trinajstić information content (AvgIpc) is 2.86. The molecule has 186 valence electrons. The van der Waals surface area contributed by atoms with Gasteiger partial charge in [-0.3, -0.25) is 4.90 Å². The van der Waals surface area contributed by atoms with E-state index in [-0.39, 0.29) is 24.8 Å². The molecule has 2 aromatic carbocycles. The van der Waals surface area contributed by atoms with Gasteiger partial charge in [-0.05, 0) is 57.2 Å². The van der Waals surface area contributed by atoms with Gasteiger partial charge in [0.25, 0.3) is 0 Å². The molecule has 0 unspecified atom stereocenters. The Hall–Kier alpha value is -3.48. The lowest BCUT2D eigenvalue weighted by molar-refractivity contribution is 0.0215. The van der Waals surface area contributed by atoms with E-state index in [0.717, 1.165) is 41.6 Å². The fourth-order valence-electron chi connectivity index (χ4n) is 4.39. The number of rotatable bonds is 4. The van der Waals surface area contributed by atoms with Crippen molar-refractivity contribution in [2.45, 2.75) is 58.3 Å². The number of allylic oxidation sites excluding steroid dienone is 1. The molecule has 2 aromatic rings. The highest BCUT2D eigenvalue weighted by Gasteiger charge is 2.30. The fraction of sp³-hybridized carbons (Fsp3) is 0.429. The van der Waals surface area contributed by atoms with Gasteiger partial charge in [0.05, 0.1) is 12.2 Å². The number of benzene rings is 2. The predicted molar refractivity (Wildman–Crippen MR) is 136 cm³/mol. The van der Waals surface area contributed by atoms with Crippen LogP contribution in [0.25, 0.3) is 5.57 Å². The summed E-state index contributed by atoms with van der Waals surface area (Å²) in [6, 6.07) is 15.6. The van der Waals surface area contributed by atoms with Crippen molar-refractivity contribution in [1.82, 2.24) is 4.90 Å². The summed E-state index contributed by atoms with van der Waals surface area (Å²) in [7, 11) is 1.80. The lowest BCUT2D eigenvalue weighted by Gasteiger charge is -2.34. The first kappa shape index (κ1) is 24.6. The number of hydrogen-bond donors (Lipinski definition) is 0. The van der Waals surface area contributed by atoms with Crippen LogP contribution in [0, 0.1) is 0 Å². The van der Waals surface area contributed by atoms with Crippen molar-refractivity contribution in [2.24, 2.45) is 0 Å². The molecule has 1 atom stereocenters. The summed E-state index contributed by atoms with van der Waals surface area (Å²) in [5, 5.41) is 0. The standard InChI is InChI=1S/C28H34N2O5/c1-28(2,3)35-26(31)29(4)22-15-13-21(14-16-22)23-11-8-12-24-25(23)33-18-17-30(24)27(32)34-19-20-9-6-5-7-10-20/h5-13,22H,14-19H2,1-4H3/t22-/m1/s1. The van der Waals surface area contributed by atoms with Gasteiger partial charge in [0.1, 0.15) is 18.8 Å². The topological polar surface area (TPSA) is 68.3 Å². The third-order valence-electron chi connectivity index (χ3n) is 6.23. The zero-order valence-corrected chi connectivity index (χ0v) is 21.0. The van der Waals surface area contributed by atoms with Crippen LogP contribution in [-0.2, 0) is 16.1 Å². The van der Waals surface area contributed by atoms with Crippen molar-refractivity contribution in [3.8, 4) is 5.75 Å². The fourth-order valence-corrected chi connectivity index (χ4v) is 4.39.